The van der Waals surface area contributed by atoms with Crippen LogP contribution in [0.1, 0.15) is 70.1 Å². The van der Waals surface area contributed by atoms with Gasteiger partial charge < -0.3 is 10.1 Å². The summed E-state index contributed by atoms with van der Waals surface area (Å²) in [7, 11) is 1.26. The number of esters is 1. The Labute approximate surface area is 183 Å². The summed E-state index contributed by atoms with van der Waals surface area (Å²) in [6.07, 6.45) is -0.982. The van der Waals surface area contributed by atoms with Crippen LogP contribution < -0.4 is 5.32 Å². The Morgan fingerprint density at radius 2 is 2.00 bits per heavy atom. The topological polar surface area (TPSA) is 73.2 Å². The van der Waals surface area contributed by atoms with Gasteiger partial charge in [-0.2, -0.15) is 18.3 Å². The number of ether oxygens (including phenoxy) is 1. The van der Waals surface area contributed by atoms with E-state index in [1.165, 1.54) is 18.4 Å². The van der Waals surface area contributed by atoms with E-state index < -0.39 is 28.2 Å². The molecule has 6 nitrogen and oxygen atoms in total. The van der Waals surface area contributed by atoms with E-state index >= 15 is 0 Å². The molecule has 0 fully saturated rings. The van der Waals surface area contributed by atoms with Gasteiger partial charge in [0.15, 0.2) is 5.69 Å². The molecule has 2 heterocycles. The largest absolute Gasteiger partial charge is 0.459 e. The number of carbonyl (C=O) groups is 2. The Bertz CT molecular complexity index is 984. The number of rotatable bonds is 5. The van der Waals surface area contributed by atoms with Gasteiger partial charge in [0.05, 0.1) is 16.1 Å². The Morgan fingerprint density at radius 3 is 2.60 bits per heavy atom. The molecule has 0 bridgehead atoms. The van der Waals surface area contributed by atoms with Crippen molar-refractivity contribution in [3.8, 4) is 0 Å². The molecule has 30 heavy (non-hydrogen) atoms. The lowest BCUT2D eigenvalue weighted by Crippen LogP contribution is -2.20. The molecule has 1 aliphatic rings. The number of fused-ring (bicyclic) bond motifs is 1. The fourth-order valence-corrected chi connectivity index (χ4v) is 5.30. The highest BCUT2D eigenvalue weighted by Gasteiger charge is 2.40. The molecule has 1 atom stereocenters. The second-order valence-corrected chi connectivity index (χ2v) is 9.02. The van der Waals surface area contributed by atoms with Crippen LogP contribution in [0.3, 0.4) is 0 Å². The number of nitrogens with one attached hydrogen (secondary N) is 1. The highest BCUT2D eigenvalue weighted by Crippen LogP contribution is 2.40. The Hall–Kier alpha value is -1.88. The summed E-state index contributed by atoms with van der Waals surface area (Å²) in [6.45, 7) is 3.67. The minimum Gasteiger partial charge on any atom is -0.459 e. The molecule has 1 N–H and O–H groups in total. The van der Waals surface area contributed by atoms with Crippen LogP contribution in [0.5, 0.6) is 0 Å². The van der Waals surface area contributed by atoms with Crippen LogP contribution in [-0.2, 0) is 30.8 Å². The van der Waals surface area contributed by atoms with Gasteiger partial charge in [0.25, 0.3) is 5.91 Å². The first-order valence-electron chi connectivity index (χ1n) is 9.51. The molecule has 0 saturated carbocycles. The fourth-order valence-electron chi connectivity index (χ4n) is 3.28. The number of carbonyl (C=O) groups excluding carboxylic acids is 2. The standard InChI is InChI=1S/C19H21BrF3N3O3S/c1-4-9(2)29-18(28)12-10-7-5-6-8-11(10)30-17(12)24-16(27)14-13(20)15(19(21,22)23)25-26(14)3/h9H,4-8H2,1-3H3,(H,24,27). The van der Waals surface area contributed by atoms with E-state index in [1.807, 2.05) is 6.92 Å². The van der Waals surface area contributed by atoms with Crippen molar-refractivity contribution in [1.82, 2.24) is 9.78 Å². The first-order valence-corrected chi connectivity index (χ1v) is 11.1. The van der Waals surface area contributed by atoms with Gasteiger partial charge in [-0.3, -0.25) is 9.48 Å². The number of hydrogen-bond donors (Lipinski definition) is 1. The second-order valence-electron chi connectivity index (χ2n) is 7.13. The van der Waals surface area contributed by atoms with E-state index in [4.69, 9.17) is 4.74 Å². The third-order valence-electron chi connectivity index (χ3n) is 4.96. The first-order chi connectivity index (χ1) is 14.0. The van der Waals surface area contributed by atoms with Crippen LogP contribution in [0.4, 0.5) is 18.2 Å². The smallest absolute Gasteiger partial charge is 0.436 e. The van der Waals surface area contributed by atoms with Gasteiger partial charge >= 0.3 is 12.1 Å². The number of halogens is 4. The zero-order chi connectivity index (χ0) is 22.2. The SMILES string of the molecule is CCC(C)OC(=O)c1c(NC(=O)c2c(Br)c(C(F)(F)F)nn2C)sc2c1CCCC2. The van der Waals surface area contributed by atoms with Crippen molar-refractivity contribution in [3.63, 3.8) is 0 Å². The lowest BCUT2D eigenvalue weighted by atomic mass is 9.95. The van der Waals surface area contributed by atoms with Crippen molar-refractivity contribution in [2.45, 2.75) is 58.2 Å². The van der Waals surface area contributed by atoms with Gasteiger partial charge in [-0.15, -0.1) is 11.3 Å². The third-order valence-corrected chi connectivity index (χ3v) is 6.92. The molecule has 1 aliphatic carbocycles. The summed E-state index contributed by atoms with van der Waals surface area (Å²) >= 11 is 4.12. The van der Waals surface area contributed by atoms with Gasteiger partial charge in [-0.25, -0.2) is 4.79 Å². The molecule has 0 aliphatic heterocycles. The van der Waals surface area contributed by atoms with E-state index in [1.54, 1.807) is 6.92 Å². The van der Waals surface area contributed by atoms with Gasteiger partial charge in [-0.05, 0) is 60.5 Å². The molecule has 0 spiro atoms. The van der Waals surface area contributed by atoms with Gasteiger partial charge in [-0.1, -0.05) is 6.92 Å². The highest BCUT2D eigenvalue weighted by molar-refractivity contribution is 9.10. The minimum atomic E-state index is -4.71. The number of alkyl halides is 3. The predicted molar refractivity (Wildman–Crippen MR) is 110 cm³/mol. The number of thiophene rings is 1. The van der Waals surface area contributed by atoms with Crippen molar-refractivity contribution >= 4 is 44.1 Å². The number of aromatic nitrogens is 2. The summed E-state index contributed by atoms with van der Waals surface area (Å²) in [6, 6.07) is 0. The molecule has 2 aromatic heterocycles. The monoisotopic (exact) mass is 507 g/mol. The molecule has 164 valence electrons. The molecule has 2 aromatic rings. The van der Waals surface area contributed by atoms with Gasteiger partial charge in [0.1, 0.15) is 10.7 Å². The van der Waals surface area contributed by atoms with Gasteiger partial charge in [0.2, 0.25) is 0 Å². The highest BCUT2D eigenvalue weighted by atomic mass is 79.9. The number of amides is 1. The van der Waals surface area contributed by atoms with Crippen LogP contribution >= 0.6 is 27.3 Å². The number of hydrogen-bond acceptors (Lipinski definition) is 5. The van der Waals surface area contributed by atoms with Crippen LogP contribution in [0.15, 0.2) is 4.47 Å². The summed E-state index contributed by atoms with van der Waals surface area (Å²) in [5.41, 5.74) is -0.306. The molecular formula is C19H21BrF3N3O3S. The molecule has 11 heteroatoms. The Balaban J connectivity index is 1.97. The molecule has 1 amide bonds. The van der Waals surface area contributed by atoms with Crippen molar-refractivity contribution < 1.29 is 27.5 Å². The summed E-state index contributed by atoms with van der Waals surface area (Å²) in [5.74, 6) is -1.32. The fraction of sp³-hybridized carbons (Fsp3) is 0.526. The van der Waals surface area contributed by atoms with Crippen molar-refractivity contribution in [1.29, 1.82) is 0 Å². The average Bonchev–Trinajstić information content (AvgIpc) is 3.17. The van der Waals surface area contributed by atoms with Crippen molar-refractivity contribution in [2.24, 2.45) is 7.05 Å². The lowest BCUT2D eigenvalue weighted by molar-refractivity contribution is -0.142. The summed E-state index contributed by atoms with van der Waals surface area (Å²) in [4.78, 5) is 26.7. The molecule has 1 unspecified atom stereocenters. The Kier molecular flexibility index (Phi) is 6.61. The molecule has 0 saturated heterocycles. The van der Waals surface area contributed by atoms with E-state index in [2.05, 4.69) is 26.3 Å². The number of anilines is 1. The van der Waals surface area contributed by atoms with Crippen LogP contribution in [0.2, 0.25) is 0 Å². The van der Waals surface area contributed by atoms with Crippen LogP contribution in [0, 0.1) is 0 Å². The van der Waals surface area contributed by atoms with Crippen LogP contribution in [0.25, 0.3) is 0 Å². The zero-order valence-electron chi connectivity index (χ0n) is 16.7. The minimum absolute atomic E-state index is 0.282. The summed E-state index contributed by atoms with van der Waals surface area (Å²) in [5, 5.41) is 6.33. The molecular weight excluding hydrogens is 487 g/mol. The molecule has 0 radical (unpaired) electrons. The van der Waals surface area contributed by atoms with Gasteiger partial charge in [0, 0.05) is 11.9 Å². The third kappa shape index (κ3) is 4.41. The maximum Gasteiger partial charge on any atom is 0.436 e. The summed E-state index contributed by atoms with van der Waals surface area (Å²) < 4.78 is 45.2. The molecule has 3 rings (SSSR count). The van der Waals surface area contributed by atoms with Crippen LogP contribution in [-0.4, -0.2) is 27.8 Å². The van der Waals surface area contributed by atoms with E-state index in [0.29, 0.717) is 23.4 Å². The maximum atomic E-state index is 13.1. The normalized spacial score (nSPS) is 14.9. The number of aryl methyl sites for hydroxylation is 2. The second kappa shape index (κ2) is 8.70. The van der Waals surface area contributed by atoms with E-state index in [-0.39, 0.29) is 11.8 Å². The number of nitrogens with zero attached hydrogens (tertiary/aromatic N) is 2. The Morgan fingerprint density at radius 1 is 1.33 bits per heavy atom. The first kappa shape index (κ1) is 22.8. The van der Waals surface area contributed by atoms with Crippen molar-refractivity contribution in [3.05, 3.63) is 31.9 Å². The van der Waals surface area contributed by atoms with E-state index in [0.717, 1.165) is 34.4 Å². The molecule has 0 aromatic carbocycles. The van der Waals surface area contributed by atoms with Crippen molar-refractivity contribution in [2.75, 3.05) is 5.32 Å². The maximum absolute atomic E-state index is 13.1. The lowest BCUT2D eigenvalue weighted by Gasteiger charge is -2.15. The predicted octanol–water partition coefficient (Wildman–Crippen LogP) is 5.35. The quantitative estimate of drug-likeness (QED) is 0.553. The van der Waals surface area contributed by atoms with E-state index in [9.17, 15) is 22.8 Å². The average molecular weight is 508 g/mol. The zero-order valence-corrected chi connectivity index (χ0v) is 19.1.